The maximum absolute atomic E-state index is 15.8. The van der Waals surface area contributed by atoms with Crippen LogP contribution >= 0.6 is 0 Å². The lowest BCUT2D eigenvalue weighted by Gasteiger charge is -2.23. The first-order valence-electron chi connectivity index (χ1n) is 16.3. The number of ether oxygens (including phenoxy) is 4. The third-order valence-corrected chi connectivity index (χ3v) is 8.39. The molecule has 2 fully saturated rings. The van der Waals surface area contributed by atoms with Gasteiger partial charge in [-0.1, -0.05) is 12.1 Å². The lowest BCUT2D eigenvalue weighted by Crippen LogP contribution is -2.45. The third-order valence-electron chi connectivity index (χ3n) is 8.39. The van der Waals surface area contributed by atoms with Crippen LogP contribution in [0.4, 0.5) is 14.9 Å². The largest absolute Gasteiger partial charge is 0.468 e. The van der Waals surface area contributed by atoms with E-state index in [1.54, 1.807) is 36.4 Å². The summed E-state index contributed by atoms with van der Waals surface area (Å²) in [7, 11) is 2.93. The number of anilines is 1. The molecule has 0 spiro atoms. The van der Waals surface area contributed by atoms with Crippen molar-refractivity contribution < 1.29 is 52.3 Å². The van der Waals surface area contributed by atoms with E-state index < -0.39 is 23.7 Å². The van der Waals surface area contributed by atoms with Gasteiger partial charge in [0.15, 0.2) is 25.2 Å². The minimum absolute atomic E-state index is 0.00357. The molecule has 2 saturated heterocycles. The lowest BCUT2D eigenvalue weighted by atomic mass is 9.99. The maximum Gasteiger partial charge on any atom is 0.453 e. The van der Waals surface area contributed by atoms with Crippen molar-refractivity contribution in [1.82, 2.24) is 10.2 Å². The van der Waals surface area contributed by atoms with Gasteiger partial charge in [-0.3, -0.25) is 9.59 Å². The summed E-state index contributed by atoms with van der Waals surface area (Å²) in [5.41, 5.74) is 0.598. The van der Waals surface area contributed by atoms with Gasteiger partial charge < -0.3 is 34.1 Å². The number of hydrogen-bond donors (Lipinski definition) is 1. The van der Waals surface area contributed by atoms with Crippen LogP contribution in [0, 0.1) is 5.82 Å². The summed E-state index contributed by atoms with van der Waals surface area (Å²) in [4.78, 5) is 64.9. The standard InChI is InChI=1S/C36H40FN3O10/c1-45-22-47-28-14-12-25(13-15-28)34(42)38-27-7-3-4-20-40(21-27)36(44)50-49-35(43)26-10-8-24(9-11-26)33(41)31-30(48-23-46-2)17-16-29(32(31)37)39-18-5-6-19-39/h8-17,27H,3-7,18-23H2,1-2H3,(H,38,42). The first-order valence-corrected chi connectivity index (χ1v) is 16.3. The van der Waals surface area contributed by atoms with Gasteiger partial charge in [0.1, 0.15) is 17.1 Å². The van der Waals surface area contributed by atoms with E-state index in [0.29, 0.717) is 49.5 Å². The number of nitrogens with one attached hydrogen (secondary N) is 1. The Balaban J connectivity index is 1.17. The Labute approximate surface area is 289 Å². The van der Waals surface area contributed by atoms with Gasteiger partial charge in [0.25, 0.3) is 5.91 Å². The second-order valence-corrected chi connectivity index (χ2v) is 11.8. The zero-order valence-corrected chi connectivity index (χ0v) is 28.0. The smallest absolute Gasteiger partial charge is 0.453 e. The van der Waals surface area contributed by atoms with E-state index in [2.05, 4.69) is 5.32 Å². The molecule has 13 nitrogen and oxygen atoms in total. The van der Waals surface area contributed by atoms with Crippen molar-refractivity contribution in [1.29, 1.82) is 0 Å². The topological polar surface area (TPSA) is 142 Å². The predicted molar refractivity (Wildman–Crippen MR) is 178 cm³/mol. The molecule has 2 heterocycles. The normalized spacial score (nSPS) is 15.9. The van der Waals surface area contributed by atoms with Crippen LogP contribution in [0.15, 0.2) is 60.7 Å². The van der Waals surface area contributed by atoms with E-state index in [0.717, 1.165) is 19.3 Å². The van der Waals surface area contributed by atoms with Crippen molar-refractivity contribution in [2.24, 2.45) is 0 Å². The molecule has 2 aliphatic heterocycles. The van der Waals surface area contributed by atoms with Crippen LogP contribution in [-0.4, -0.2) is 88.7 Å². The number of carbonyl (C=O) groups excluding carboxylic acids is 4. The molecule has 0 aromatic heterocycles. The Hall–Kier alpha value is -5.21. The zero-order valence-electron chi connectivity index (χ0n) is 28.0. The fourth-order valence-electron chi connectivity index (χ4n) is 5.80. The second-order valence-electron chi connectivity index (χ2n) is 11.8. The molecule has 0 bridgehead atoms. The molecule has 3 aromatic rings. The van der Waals surface area contributed by atoms with Crippen LogP contribution in [0.25, 0.3) is 0 Å². The van der Waals surface area contributed by atoms with E-state index in [-0.39, 0.29) is 54.5 Å². The van der Waals surface area contributed by atoms with Crippen LogP contribution in [0.3, 0.4) is 0 Å². The van der Waals surface area contributed by atoms with Crippen LogP contribution in [0.5, 0.6) is 11.5 Å². The summed E-state index contributed by atoms with van der Waals surface area (Å²) in [5.74, 6) is -2.03. The Morgan fingerprint density at radius 1 is 0.760 bits per heavy atom. The molecule has 1 atom stereocenters. The molecular weight excluding hydrogens is 653 g/mol. The van der Waals surface area contributed by atoms with Gasteiger partial charge in [0.2, 0.25) is 0 Å². The number of nitrogens with zero attached hydrogens (tertiary/aromatic N) is 2. The average Bonchev–Trinajstić information content (AvgIpc) is 3.57. The minimum atomic E-state index is -0.971. The molecule has 0 saturated carbocycles. The highest BCUT2D eigenvalue weighted by molar-refractivity contribution is 6.11. The van der Waals surface area contributed by atoms with Crippen LogP contribution in [-0.2, 0) is 19.2 Å². The molecule has 14 heteroatoms. The monoisotopic (exact) mass is 693 g/mol. The molecule has 266 valence electrons. The lowest BCUT2D eigenvalue weighted by molar-refractivity contribution is -0.192. The highest BCUT2D eigenvalue weighted by Gasteiger charge is 2.28. The quantitative estimate of drug-likeness (QED) is 0.117. The van der Waals surface area contributed by atoms with Gasteiger partial charge in [0.05, 0.1) is 11.3 Å². The van der Waals surface area contributed by atoms with E-state index in [1.165, 1.54) is 43.4 Å². The van der Waals surface area contributed by atoms with Gasteiger partial charge in [-0.2, -0.15) is 0 Å². The number of rotatable bonds is 12. The Morgan fingerprint density at radius 2 is 1.40 bits per heavy atom. The Bertz CT molecular complexity index is 1650. The molecule has 2 amide bonds. The summed E-state index contributed by atoms with van der Waals surface area (Å²) in [6, 6.07) is 14.7. The van der Waals surface area contributed by atoms with Crippen molar-refractivity contribution in [2.45, 2.75) is 38.1 Å². The Morgan fingerprint density at radius 3 is 2.10 bits per heavy atom. The fourth-order valence-corrected chi connectivity index (χ4v) is 5.80. The number of likely N-dealkylation sites (tertiary alicyclic amines) is 1. The molecule has 1 N–H and O–H groups in total. The minimum Gasteiger partial charge on any atom is -0.468 e. The Kier molecular flexibility index (Phi) is 12.6. The van der Waals surface area contributed by atoms with Gasteiger partial charge in [-0.15, -0.1) is 0 Å². The van der Waals surface area contributed by atoms with Gasteiger partial charge in [0, 0.05) is 57.6 Å². The summed E-state index contributed by atoms with van der Waals surface area (Å²) in [5, 5.41) is 2.94. The highest BCUT2D eigenvalue weighted by Crippen LogP contribution is 2.33. The maximum atomic E-state index is 15.8. The van der Waals surface area contributed by atoms with E-state index in [4.69, 9.17) is 28.7 Å². The van der Waals surface area contributed by atoms with E-state index in [1.807, 2.05) is 4.90 Å². The SMILES string of the molecule is COCOc1ccc(C(=O)NC2CCCCN(C(=O)OOC(=O)c3ccc(C(=O)c4c(OCOC)ccc(N5CCCC5)c4F)cc3)C2)cc1. The molecule has 50 heavy (non-hydrogen) atoms. The number of hydrogen-bond acceptors (Lipinski definition) is 11. The van der Waals surface area contributed by atoms with E-state index >= 15 is 4.39 Å². The molecule has 5 rings (SSSR count). The van der Waals surface area contributed by atoms with Crippen LogP contribution < -0.4 is 19.7 Å². The number of benzene rings is 3. The third kappa shape index (κ3) is 9.07. The summed E-state index contributed by atoms with van der Waals surface area (Å²) >= 11 is 0. The molecule has 0 radical (unpaired) electrons. The van der Waals surface area contributed by atoms with Crippen LogP contribution in [0.2, 0.25) is 0 Å². The van der Waals surface area contributed by atoms with Gasteiger partial charge in [-0.05, 0) is 80.6 Å². The van der Waals surface area contributed by atoms with Gasteiger partial charge >= 0.3 is 12.1 Å². The first kappa shape index (κ1) is 36.1. The number of ketones is 1. The second kappa shape index (κ2) is 17.4. The predicted octanol–water partition coefficient (Wildman–Crippen LogP) is 5.12. The van der Waals surface area contributed by atoms with E-state index in [9.17, 15) is 19.2 Å². The number of halogens is 1. The van der Waals surface area contributed by atoms with Gasteiger partial charge in [-0.25, -0.2) is 23.8 Å². The van der Waals surface area contributed by atoms with Crippen molar-refractivity contribution in [3.8, 4) is 11.5 Å². The summed E-state index contributed by atoms with van der Waals surface area (Å²) in [6.07, 6.45) is 3.03. The van der Waals surface area contributed by atoms with Crippen molar-refractivity contribution in [3.05, 3.63) is 88.7 Å². The first-order chi connectivity index (χ1) is 24.3. The van der Waals surface area contributed by atoms with Crippen molar-refractivity contribution >= 4 is 29.4 Å². The number of methoxy groups -OCH3 is 2. The number of carbonyl (C=O) groups is 4. The van der Waals surface area contributed by atoms with Crippen molar-refractivity contribution in [3.63, 3.8) is 0 Å². The summed E-state index contributed by atoms with van der Waals surface area (Å²) < 4.78 is 36.5. The summed E-state index contributed by atoms with van der Waals surface area (Å²) in [6.45, 7) is 1.77. The molecule has 1 unspecified atom stereocenters. The molecule has 3 aromatic carbocycles. The highest BCUT2D eigenvalue weighted by atomic mass is 19.1. The molecular formula is C36H40FN3O10. The van der Waals surface area contributed by atoms with Crippen LogP contribution in [0.1, 0.15) is 68.7 Å². The molecule has 2 aliphatic rings. The van der Waals surface area contributed by atoms with Crippen molar-refractivity contribution in [2.75, 3.05) is 58.9 Å². The average molecular weight is 694 g/mol. The number of amides is 2. The zero-order chi connectivity index (χ0) is 35.5. The molecule has 0 aliphatic carbocycles. The fraction of sp³-hybridized carbons (Fsp3) is 0.389.